The van der Waals surface area contributed by atoms with Crippen LogP contribution in [-0.4, -0.2) is 45.7 Å². The molecule has 0 aliphatic rings. The third kappa shape index (κ3) is 4.07. The van der Waals surface area contributed by atoms with Gasteiger partial charge >= 0.3 is 17.9 Å². The van der Waals surface area contributed by atoms with Crippen LogP contribution in [0.1, 0.15) is 6.42 Å². The molecule has 0 saturated carbocycles. The number of carboxylic acid groups (broad SMARTS) is 3. The Morgan fingerprint density at radius 1 is 1.07 bits per heavy atom. The van der Waals surface area contributed by atoms with Gasteiger partial charge in [-0.3, -0.25) is 14.4 Å². The standard InChI is InChI=1S/C7H9NO7/c9-2-8-4(7(14)15)1-3(5(10)11)6(12)13/h2-4H,1H2,(H,8,9)(H,10,11)(H,12,13)(H,14,15). The number of carbonyl (C=O) groups excluding carboxylic acids is 1. The fourth-order valence-corrected chi connectivity index (χ4v) is 0.865. The zero-order chi connectivity index (χ0) is 12.0. The lowest BCUT2D eigenvalue weighted by Gasteiger charge is -2.13. The molecule has 1 amide bonds. The second-order valence-corrected chi connectivity index (χ2v) is 2.64. The molecule has 0 saturated heterocycles. The van der Waals surface area contributed by atoms with Crippen LogP contribution < -0.4 is 5.32 Å². The van der Waals surface area contributed by atoms with Crippen molar-refractivity contribution in [1.29, 1.82) is 0 Å². The Labute approximate surface area is 83.5 Å². The zero-order valence-electron chi connectivity index (χ0n) is 7.41. The molecule has 0 aromatic rings. The molecule has 8 heteroatoms. The van der Waals surface area contributed by atoms with Gasteiger partial charge in [-0.05, 0) is 0 Å². The Hall–Kier alpha value is -2.12. The number of hydrogen-bond donors (Lipinski definition) is 4. The summed E-state index contributed by atoms with van der Waals surface area (Å²) in [5.74, 6) is -6.66. The van der Waals surface area contributed by atoms with Gasteiger partial charge in [-0.1, -0.05) is 0 Å². The van der Waals surface area contributed by atoms with Gasteiger partial charge in [0.25, 0.3) is 0 Å². The molecule has 1 unspecified atom stereocenters. The normalized spacial score (nSPS) is 11.8. The number of hydrogen-bond acceptors (Lipinski definition) is 4. The van der Waals surface area contributed by atoms with Crippen LogP contribution in [0.15, 0.2) is 0 Å². The highest BCUT2D eigenvalue weighted by Gasteiger charge is 2.32. The third-order valence-corrected chi connectivity index (χ3v) is 1.63. The highest BCUT2D eigenvalue weighted by atomic mass is 16.4. The highest BCUT2D eigenvalue weighted by Crippen LogP contribution is 2.07. The van der Waals surface area contributed by atoms with E-state index < -0.39 is 36.3 Å². The van der Waals surface area contributed by atoms with Crippen molar-refractivity contribution >= 4 is 24.3 Å². The van der Waals surface area contributed by atoms with Gasteiger partial charge in [-0.25, -0.2) is 4.79 Å². The Kier molecular flexibility index (Phi) is 4.79. The van der Waals surface area contributed by atoms with E-state index in [1.807, 2.05) is 5.32 Å². The molecule has 0 fully saturated rings. The molecule has 4 N–H and O–H groups in total. The minimum Gasteiger partial charge on any atom is -0.481 e. The van der Waals surface area contributed by atoms with E-state index >= 15 is 0 Å². The molecule has 15 heavy (non-hydrogen) atoms. The van der Waals surface area contributed by atoms with Crippen LogP contribution in [0, 0.1) is 5.92 Å². The first kappa shape index (κ1) is 12.9. The van der Waals surface area contributed by atoms with Gasteiger partial charge in [0.05, 0.1) is 0 Å². The molecule has 0 heterocycles. The summed E-state index contributed by atoms with van der Waals surface area (Å²) in [6, 6.07) is -1.53. The molecule has 0 rings (SSSR count). The Bertz CT molecular complexity index is 273. The lowest BCUT2D eigenvalue weighted by atomic mass is 10.0. The van der Waals surface area contributed by atoms with Crippen molar-refractivity contribution in [2.45, 2.75) is 12.5 Å². The van der Waals surface area contributed by atoms with Crippen molar-refractivity contribution in [1.82, 2.24) is 5.32 Å². The molecule has 0 spiro atoms. The van der Waals surface area contributed by atoms with Crippen molar-refractivity contribution in [3.05, 3.63) is 0 Å². The Balaban J connectivity index is 4.60. The van der Waals surface area contributed by atoms with Gasteiger partial charge in [0.1, 0.15) is 6.04 Å². The first-order valence-electron chi connectivity index (χ1n) is 3.78. The topological polar surface area (TPSA) is 141 Å². The SMILES string of the molecule is O=CNC(CC(C(=O)O)C(=O)O)C(=O)O. The number of nitrogens with one attached hydrogen (secondary N) is 1. The van der Waals surface area contributed by atoms with Crippen LogP contribution in [0.25, 0.3) is 0 Å². The zero-order valence-corrected chi connectivity index (χ0v) is 7.41. The summed E-state index contributed by atoms with van der Waals surface area (Å²) in [6.07, 6.45) is -0.641. The van der Waals surface area contributed by atoms with Crippen molar-refractivity contribution in [2.75, 3.05) is 0 Å². The van der Waals surface area contributed by atoms with E-state index in [1.165, 1.54) is 0 Å². The van der Waals surface area contributed by atoms with E-state index in [0.717, 1.165) is 0 Å². The van der Waals surface area contributed by atoms with Crippen molar-refractivity contribution in [3.8, 4) is 0 Å². The second-order valence-electron chi connectivity index (χ2n) is 2.64. The smallest absolute Gasteiger partial charge is 0.326 e. The monoisotopic (exact) mass is 219 g/mol. The molecule has 0 aromatic heterocycles. The fourth-order valence-electron chi connectivity index (χ4n) is 0.865. The first-order chi connectivity index (χ1) is 6.90. The summed E-state index contributed by atoms with van der Waals surface area (Å²) in [7, 11) is 0. The molecular formula is C7H9NO7. The van der Waals surface area contributed by atoms with Crippen LogP contribution in [-0.2, 0) is 19.2 Å². The number of aliphatic carboxylic acids is 3. The number of carboxylic acids is 3. The van der Waals surface area contributed by atoms with E-state index in [9.17, 15) is 19.2 Å². The van der Waals surface area contributed by atoms with Crippen molar-refractivity contribution < 1.29 is 34.5 Å². The average Bonchev–Trinajstić information content (AvgIpc) is 2.10. The van der Waals surface area contributed by atoms with Crippen molar-refractivity contribution in [2.24, 2.45) is 5.92 Å². The van der Waals surface area contributed by atoms with E-state index in [1.54, 1.807) is 0 Å². The molecule has 8 nitrogen and oxygen atoms in total. The quantitative estimate of drug-likeness (QED) is 0.297. The van der Waals surface area contributed by atoms with E-state index in [-0.39, 0.29) is 6.41 Å². The second kappa shape index (κ2) is 5.58. The maximum atomic E-state index is 10.5. The molecule has 0 aromatic carbocycles. The molecule has 0 aliphatic heterocycles. The predicted octanol–water partition coefficient (Wildman–Crippen LogP) is -1.64. The van der Waals surface area contributed by atoms with Gasteiger partial charge in [0.15, 0.2) is 5.92 Å². The maximum Gasteiger partial charge on any atom is 0.326 e. The summed E-state index contributed by atoms with van der Waals surface area (Å²) in [6.45, 7) is 0. The van der Waals surface area contributed by atoms with Gasteiger partial charge in [-0.2, -0.15) is 0 Å². The minimum absolute atomic E-state index is 0.0690. The van der Waals surface area contributed by atoms with Crippen molar-refractivity contribution in [3.63, 3.8) is 0 Å². The maximum absolute atomic E-state index is 10.5. The van der Waals surface area contributed by atoms with Gasteiger partial charge in [-0.15, -0.1) is 0 Å². The van der Waals surface area contributed by atoms with Gasteiger partial charge < -0.3 is 20.6 Å². The highest BCUT2D eigenvalue weighted by molar-refractivity contribution is 5.93. The Morgan fingerprint density at radius 3 is 1.80 bits per heavy atom. The molecule has 0 bridgehead atoms. The minimum atomic E-state index is -1.86. The summed E-state index contributed by atoms with van der Waals surface area (Å²) in [4.78, 5) is 41.3. The van der Waals surface area contributed by atoms with E-state index in [4.69, 9.17) is 15.3 Å². The number of amides is 1. The van der Waals surface area contributed by atoms with Crippen LogP contribution in [0.3, 0.4) is 0 Å². The van der Waals surface area contributed by atoms with Crippen LogP contribution in [0.4, 0.5) is 0 Å². The molecule has 84 valence electrons. The largest absolute Gasteiger partial charge is 0.481 e. The summed E-state index contributed by atoms with van der Waals surface area (Å²) >= 11 is 0. The first-order valence-corrected chi connectivity index (χ1v) is 3.78. The summed E-state index contributed by atoms with van der Waals surface area (Å²) < 4.78 is 0. The van der Waals surface area contributed by atoms with Crippen LogP contribution in [0.2, 0.25) is 0 Å². The molecule has 1 atom stereocenters. The van der Waals surface area contributed by atoms with E-state index in [0.29, 0.717) is 0 Å². The van der Waals surface area contributed by atoms with Gasteiger partial charge in [0.2, 0.25) is 6.41 Å². The summed E-state index contributed by atoms with van der Waals surface area (Å²) in [5, 5.41) is 27.2. The lowest BCUT2D eigenvalue weighted by molar-refractivity contribution is -0.155. The predicted molar refractivity (Wildman–Crippen MR) is 44.0 cm³/mol. The summed E-state index contributed by atoms with van der Waals surface area (Å²) in [5.41, 5.74) is 0. The van der Waals surface area contributed by atoms with E-state index in [2.05, 4.69) is 0 Å². The van der Waals surface area contributed by atoms with Crippen LogP contribution in [0.5, 0.6) is 0 Å². The lowest BCUT2D eigenvalue weighted by Crippen LogP contribution is -2.40. The number of carbonyl (C=O) groups is 4. The fraction of sp³-hybridized carbons (Fsp3) is 0.429. The Morgan fingerprint density at radius 2 is 1.53 bits per heavy atom. The molecule has 0 radical (unpaired) electrons. The molecular weight excluding hydrogens is 210 g/mol. The number of rotatable bonds is 7. The molecule has 0 aliphatic carbocycles. The third-order valence-electron chi connectivity index (χ3n) is 1.63. The average molecular weight is 219 g/mol. The van der Waals surface area contributed by atoms with Gasteiger partial charge in [0, 0.05) is 6.42 Å². The van der Waals surface area contributed by atoms with Crippen LogP contribution >= 0.6 is 0 Å².